The first-order valence-electron chi connectivity index (χ1n) is 10.7. The van der Waals surface area contributed by atoms with Crippen molar-refractivity contribution in [3.8, 4) is 6.07 Å². The number of hydrogen-bond donors (Lipinski definition) is 2. The molecule has 31 heavy (non-hydrogen) atoms. The van der Waals surface area contributed by atoms with E-state index in [4.69, 9.17) is 0 Å². The Bertz CT molecular complexity index is 1060. The van der Waals surface area contributed by atoms with Gasteiger partial charge in [-0.15, -0.1) is 11.3 Å². The number of aryl methyl sites for hydroxylation is 1. The predicted molar refractivity (Wildman–Crippen MR) is 124 cm³/mol. The summed E-state index contributed by atoms with van der Waals surface area (Å²) >= 11 is 1.58. The maximum Gasteiger partial charge on any atom is 0.225 e. The van der Waals surface area contributed by atoms with E-state index in [0.29, 0.717) is 29.3 Å². The standard InChI is InChI=1S/C25H26N4OS/c26-14-22-21-10-8-20(17-28-16-18-5-2-1-3-6-18)13-23(21)31-25(22)29-24(30)11-9-19-7-4-12-27-15-19/h1-7,12,15,20,28H,8-11,13,16-17H2,(H,29,30). The second kappa shape index (κ2) is 10.3. The molecule has 5 nitrogen and oxygen atoms in total. The zero-order valence-electron chi connectivity index (χ0n) is 17.4. The number of anilines is 1. The Kier molecular flexibility index (Phi) is 7.08. The van der Waals surface area contributed by atoms with E-state index >= 15 is 0 Å². The number of carbonyl (C=O) groups excluding carboxylic acids is 1. The minimum absolute atomic E-state index is 0.0555. The molecule has 0 aliphatic heterocycles. The zero-order chi connectivity index (χ0) is 21.5. The molecular weight excluding hydrogens is 404 g/mol. The topological polar surface area (TPSA) is 77.8 Å². The van der Waals surface area contributed by atoms with Gasteiger partial charge in [0.05, 0.1) is 5.56 Å². The minimum Gasteiger partial charge on any atom is -0.317 e. The van der Waals surface area contributed by atoms with Gasteiger partial charge in [0.1, 0.15) is 11.1 Å². The van der Waals surface area contributed by atoms with Crippen LogP contribution >= 0.6 is 11.3 Å². The van der Waals surface area contributed by atoms with Crippen LogP contribution in [0, 0.1) is 17.2 Å². The average Bonchev–Trinajstić information content (AvgIpc) is 3.15. The lowest BCUT2D eigenvalue weighted by Crippen LogP contribution is -2.26. The molecule has 0 radical (unpaired) electrons. The van der Waals surface area contributed by atoms with Crippen LogP contribution in [0.2, 0.25) is 0 Å². The Morgan fingerprint density at radius 2 is 2.03 bits per heavy atom. The highest BCUT2D eigenvalue weighted by Crippen LogP contribution is 2.39. The first kappa shape index (κ1) is 21.2. The van der Waals surface area contributed by atoms with Gasteiger partial charge in [0.25, 0.3) is 0 Å². The molecule has 6 heteroatoms. The van der Waals surface area contributed by atoms with Gasteiger partial charge in [0.2, 0.25) is 5.91 Å². The predicted octanol–water partition coefficient (Wildman–Crippen LogP) is 4.48. The molecule has 3 aromatic rings. The lowest BCUT2D eigenvalue weighted by molar-refractivity contribution is -0.116. The number of nitrogens with one attached hydrogen (secondary N) is 2. The van der Waals surface area contributed by atoms with Crippen LogP contribution in [0.5, 0.6) is 0 Å². The highest BCUT2D eigenvalue weighted by molar-refractivity contribution is 7.16. The van der Waals surface area contributed by atoms with Gasteiger partial charge < -0.3 is 10.6 Å². The zero-order valence-corrected chi connectivity index (χ0v) is 18.3. The summed E-state index contributed by atoms with van der Waals surface area (Å²) in [5.41, 5.74) is 4.12. The Morgan fingerprint density at radius 1 is 1.19 bits per heavy atom. The Morgan fingerprint density at radius 3 is 2.81 bits per heavy atom. The van der Waals surface area contributed by atoms with Crippen molar-refractivity contribution in [1.29, 1.82) is 5.26 Å². The highest BCUT2D eigenvalue weighted by Gasteiger charge is 2.26. The molecular formula is C25H26N4OS. The van der Waals surface area contributed by atoms with Crippen LogP contribution in [0.3, 0.4) is 0 Å². The molecule has 2 heterocycles. The van der Waals surface area contributed by atoms with E-state index in [-0.39, 0.29) is 5.91 Å². The summed E-state index contributed by atoms with van der Waals surface area (Å²) in [4.78, 5) is 17.8. The summed E-state index contributed by atoms with van der Waals surface area (Å²) in [6.07, 6.45) is 7.45. The van der Waals surface area contributed by atoms with Crippen molar-refractivity contribution in [3.05, 3.63) is 82.0 Å². The van der Waals surface area contributed by atoms with Crippen LogP contribution in [0.25, 0.3) is 0 Å². The SMILES string of the molecule is N#Cc1c(NC(=O)CCc2cccnc2)sc2c1CCC(CNCc1ccccc1)C2. The van der Waals surface area contributed by atoms with Gasteiger partial charge in [-0.2, -0.15) is 5.26 Å². The van der Waals surface area contributed by atoms with E-state index in [1.165, 1.54) is 10.4 Å². The van der Waals surface area contributed by atoms with Crippen molar-refractivity contribution in [2.45, 2.75) is 38.6 Å². The number of rotatable bonds is 8. The number of hydrogen-bond acceptors (Lipinski definition) is 5. The summed E-state index contributed by atoms with van der Waals surface area (Å²) in [6.45, 7) is 1.83. The van der Waals surface area contributed by atoms with Crippen molar-refractivity contribution >= 4 is 22.2 Å². The van der Waals surface area contributed by atoms with Gasteiger partial charge in [0.15, 0.2) is 0 Å². The van der Waals surface area contributed by atoms with E-state index in [1.807, 2.05) is 18.2 Å². The summed E-state index contributed by atoms with van der Waals surface area (Å²) in [5, 5.41) is 17.0. The van der Waals surface area contributed by atoms with Crippen molar-refractivity contribution in [2.24, 2.45) is 5.92 Å². The van der Waals surface area contributed by atoms with Gasteiger partial charge in [-0.3, -0.25) is 9.78 Å². The molecule has 0 saturated heterocycles. The van der Waals surface area contributed by atoms with E-state index in [2.05, 4.69) is 46.0 Å². The van der Waals surface area contributed by atoms with E-state index < -0.39 is 0 Å². The number of carbonyl (C=O) groups is 1. The second-order valence-corrected chi connectivity index (χ2v) is 9.06. The normalized spacial score (nSPS) is 15.1. The number of pyridine rings is 1. The molecule has 1 amide bonds. The average molecular weight is 431 g/mol. The number of nitrogens with zero attached hydrogens (tertiary/aromatic N) is 2. The van der Waals surface area contributed by atoms with Crippen molar-refractivity contribution in [2.75, 3.05) is 11.9 Å². The molecule has 0 saturated carbocycles. The maximum atomic E-state index is 12.5. The third-order valence-corrected chi connectivity index (χ3v) is 6.87. The third-order valence-electron chi connectivity index (χ3n) is 5.70. The van der Waals surface area contributed by atoms with Crippen LogP contribution in [-0.4, -0.2) is 17.4 Å². The third kappa shape index (κ3) is 5.57. The fourth-order valence-corrected chi connectivity index (χ4v) is 5.37. The first-order valence-corrected chi connectivity index (χ1v) is 11.5. The number of nitriles is 1. The molecule has 158 valence electrons. The lowest BCUT2D eigenvalue weighted by atomic mass is 9.87. The van der Waals surface area contributed by atoms with Crippen molar-refractivity contribution in [1.82, 2.24) is 10.3 Å². The molecule has 1 aliphatic rings. The van der Waals surface area contributed by atoms with Gasteiger partial charge in [-0.05, 0) is 60.9 Å². The molecule has 2 N–H and O–H groups in total. The van der Waals surface area contributed by atoms with Crippen molar-refractivity contribution < 1.29 is 4.79 Å². The highest BCUT2D eigenvalue weighted by atomic mass is 32.1. The fraction of sp³-hybridized carbons (Fsp3) is 0.320. The van der Waals surface area contributed by atoms with Gasteiger partial charge in [0, 0.05) is 30.2 Å². The molecule has 4 rings (SSSR count). The number of fused-ring (bicyclic) bond motifs is 1. The van der Waals surface area contributed by atoms with Crippen LogP contribution in [0.1, 0.15) is 40.0 Å². The van der Waals surface area contributed by atoms with Gasteiger partial charge >= 0.3 is 0 Å². The molecule has 0 fully saturated rings. The number of thiophene rings is 1. The quantitative estimate of drug-likeness (QED) is 0.552. The molecule has 0 bridgehead atoms. The Hall–Kier alpha value is -3.01. The van der Waals surface area contributed by atoms with E-state index in [1.54, 1.807) is 23.7 Å². The van der Waals surface area contributed by atoms with E-state index in [9.17, 15) is 10.1 Å². The minimum atomic E-state index is -0.0555. The summed E-state index contributed by atoms with van der Waals surface area (Å²) in [7, 11) is 0. The van der Waals surface area contributed by atoms with Crippen LogP contribution in [-0.2, 0) is 30.6 Å². The monoisotopic (exact) mass is 430 g/mol. The van der Waals surface area contributed by atoms with Gasteiger partial charge in [-0.1, -0.05) is 36.4 Å². The van der Waals surface area contributed by atoms with Crippen LogP contribution < -0.4 is 10.6 Å². The van der Waals surface area contributed by atoms with Gasteiger partial charge in [-0.25, -0.2) is 0 Å². The van der Waals surface area contributed by atoms with Crippen LogP contribution in [0.4, 0.5) is 5.00 Å². The molecule has 1 aromatic carbocycles. The fourth-order valence-electron chi connectivity index (χ4n) is 4.04. The molecule has 2 aromatic heterocycles. The number of amides is 1. The smallest absolute Gasteiger partial charge is 0.225 e. The number of benzene rings is 1. The summed E-state index contributed by atoms with van der Waals surface area (Å²) in [5.74, 6) is 0.496. The molecule has 1 unspecified atom stereocenters. The summed E-state index contributed by atoms with van der Waals surface area (Å²) in [6, 6.07) is 16.6. The maximum absolute atomic E-state index is 12.5. The second-order valence-electron chi connectivity index (χ2n) is 7.95. The summed E-state index contributed by atoms with van der Waals surface area (Å²) < 4.78 is 0. The van der Waals surface area contributed by atoms with Crippen molar-refractivity contribution in [3.63, 3.8) is 0 Å². The largest absolute Gasteiger partial charge is 0.317 e. The lowest BCUT2D eigenvalue weighted by Gasteiger charge is -2.22. The Labute approximate surface area is 187 Å². The first-order chi connectivity index (χ1) is 15.2. The molecule has 0 spiro atoms. The molecule has 1 aliphatic carbocycles. The molecule has 1 atom stereocenters. The van der Waals surface area contributed by atoms with E-state index in [0.717, 1.165) is 43.5 Å². The number of aromatic nitrogens is 1. The Balaban J connectivity index is 1.33. The van der Waals surface area contributed by atoms with Crippen LogP contribution in [0.15, 0.2) is 54.9 Å².